The van der Waals surface area contributed by atoms with Crippen molar-refractivity contribution in [3.05, 3.63) is 56.8 Å². The average molecular weight is 368 g/mol. The van der Waals surface area contributed by atoms with E-state index in [0.29, 0.717) is 22.6 Å². The molecule has 0 amide bonds. The molecule has 3 aromatic rings. The first-order chi connectivity index (χ1) is 12.8. The molecule has 0 saturated heterocycles. The van der Waals surface area contributed by atoms with Gasteiger partial charge >= 0.3 is 11.6 Å². The summed E-state index contributed by atoms with van der Waals surface area (Å²) in [6, 6.07) is 4.71. The molecular weight excluding hydrogens is 352 g/mol. The molecule has 7 nitrogen and oxygen atoms in total. The molecule has 1 aliphatic heterocycles. The van der Waals surface area contributed by atoms with Crippen LogP contribution < -0.4 is 10.4 Å². The van der Waals surface area contributed by atoms with Crippen molar-refractivity contribution in [1.82, 2.24) is 0 Å². The van der Waals surface area contributed by atoms with E-state index in [2.05, 4.69) is 0 Å². The minimum Gasteiger partial charge on any atom is -0.506 e. The molecule has 138 valence electrons. The fourth-order valence-electron chi connectivity index (χ4n) is 3.62. The maximum Gasteiger partial charge on any atom is 0.336 e. The lowest BCUT2D eigenvalue weighted by atomic mass is 9.85. The third kappa shape index (κ3) is 2.54. The molecule has 0 aliphatic carbocycles. The maximum absolute atomic E-state index is 12.2. The Labute approximate surface area is 153 Å². The topological polar surface area (TPSA) is 107 Å². The molecule has 0 unspecified atom stereocenters. The summed E-state index contributed by atoms with van der Waals surface area (Å²) in [6.45, 7) is 4.67. The molecule has 4 rings (SSSR count). The Balaban J connectivity index is 2.20. The fourth-order valence-corrected chi connectivity index (χ4v) is 3.62. The second kappa shape index (κ2) is 5.84. The molecule has 2 aromatic heterocycles. The third-order valence-electron chi connectivity index (χ3n) is 4.74. The van der Waals surface area contributed by atoms with Crippen LogP contribution in [-0.2, 0) is 4.79 Å². The van der Waals surface area contributed by atoms with Gasteiger partial charge in [0.15, 0.2) is 11.5 Å². The van der Waals surface area contributed by atoms with Gasteiger partial charge in [-0.05, 0) is 38.5 Å². The van der Waals surface area contributed by atoms with E-state index in [9.17, 15) is 19.5 Å². The maximum atomic E-state index is 12.2. The number of ketones is 1. The highest BCUT2D eigenvalue weighted by Gasteiger charge is 2.38. The van der Waals surface area contributed by atoms with E-state index >= 15 is 0 Å². The van der Waals surface area contributed by atoms with Gasteiger partial charge in [0.2, 0.25) is 0 Å². The molecular formula is C20H16O7. The van der Waals surface area contributed by atoms with Crippen LogP contribution in [0.1, 0.15) is 52.3 Å². The van der Waals surface area contributed by atoms with Gasteiger partial charge in [0, 0.05) is 6.07 Å². The number of carbonyl (C=O) groups excluding carboxylic acids is 2. The van der Waals surface area contributed by atoms with Gasteiger partial charge in [-0.3, -0.25) is 9.59 Å². The predicted octanol–water partition coefficient (Wildman–Crippen LogP) is 3.35. The highest BCUT2D eigenvalue weighted by molar-refractivity contribution is 6.08. The average Bonchev–Trinajstić information content (AvgIpc) is 2.99. The second-order valence-electron chi connectivity index (χ2n) is 6.65. The van der Waals surface area contributed by atoms with Gasteiger partial charge in [0.1, 0.15) is 28.4 Å². The first-order valence-corrected chi connectivity index (χ1v) is 8.39. The van der Waals surface area contributed by atoms with E-state index < -0.39 is 23.3 Å². The number of phenols is 1. The molecule has 0 fully saturated rings. The van der Waals surface area contributed by atoms with E-state index in [1.165, 1.54) is 13.0 Å². The van der Waals surface area contributed by atoms with Crippen molar-refractivity contribution in [3.8, 4) is 11.5 Å². The Morgan fingerprint density at radius 1 is 1.19 bits per heavy atom. The molecule has 0 bridgehead atoms. The number of benzene rings is 1. The minimum atomic E-state index is -0.610. The van der Waals surface area contributed by atoms with Crippen molar-refractivity contribution in [2.24, 2.45) is 0 Å². The number of ether oxygens (including phenoxy) is 1. The normalized spacial score (nSPS) is 16.3. The molecule has 3 heterocycles. The number of Topliss-reactive ketones (excluding diaryl/α,β-unsaturated/α-hetero) is 1. The van der Waals surface area contributed by atoms with Crippen molar-refractivity contribution in [1.29, 1.82) is 0 Å². The number of rotatable bonds is 2. The molecule has 1 N–H and O–H groups in total. The molecule has 1 aromatic carbocycles. The zero-order chi connectivity index (χ0) is 19.5. The van der Waals surface area contributed by atoms with Crippen LogP contribution >= 0.6 is 0 Å². The first kappa shape index (κ1) is 17.1. The van der Waals surface area contributed by atoms with Crippen LogP contribution in [0, 0.1) is 13.8 Å². The summed E-state index contributed by atoms with van der Waals surface area (Å²) >= 11 is 0. The van der Waals surface area contributed by atoms with Crippen LogP contribution in [0.3, 0.4) is 0 Å². The molecule has 0 radical (unpaired) electrons. The fraction of sp³-hybridized carbons (Fsp3) is 0.250. The van der Waals surface area contributed by atoms with Gasteiger partial charge in [-0.1, -0.05) is 0 Å². The number of carbonyl (C=O) groups is 2. The summed E-state index contributed by atoms with van der Waals surface area (Å²) in [5.74, 6) is -0.980. The largest absolute Gasteiger partial charge is 0.506 e. The Bertz CT molecular complexity index is 1180. The molecule has 27 heavy (non-hydrogen) atoms. The number of fused-ring (bicyclic) bond motifs is 3. The molecule has 1 atom stereocenters. The molecule has 0 spiro atoms. The monoisotopic (exact) mass is 368 g/mol. The van der Waals surface area contributed by atoms with Crippen molar-refractivity contribution in [3.63, 3.8) is 0 Å². The number of aryl methyl sites for hydroxylation is 2. The van der Waals surface area contributed by atoms with E-state index in [4.69, 9.17) is 13.6 Å². The quantitative estimate of drug-likeness (QED) is 0.320. The standard InChI is InChI=1S/C20H16O7/c1-8-6-13(22)26-19-15(8)18(24)16(10(3)21)20-17(19)11(7-14(23)27-20)12-5-4-9(2)25-12/h4-6,11,24H,7H2,1-3H3/t11-/m0/s1. The smallest absolute Gasteiger partial charge is 0.336 e. The van der Waals surface area contributed by atoms with Gasteiger partial charge in [0.25, 0.3) is 0 Å². The van der Waals surface area contributed by atoms with E-state index in [1.54, 1.807) is 26.0 Å². The molecule has 7 heteroatoms. The SMILES string of the molecule is CC(=O)c1c2c(c3oc(=O)cc(C)c3c1O)[C@H](c1ccc(C)o1)CC(=O)O2. The summed E-state index contributed by atoms with van der Waals surface area (Å²) in [4.78, 5) is 36.5. The highest BCUT2D eigenvalue weighted by Crippen LogP contribution is 2.49. The Kier molecular flexibility index (Phi) is 3.69. The number of phenolic OH excluding ortho intramolecular Hbond substituents is 1. The first-order valence-electron chi connectivity index (χ1n) is 8.39. The number of furan rings is 1. The van der Waals surface area contributed by atoms with E-state index in [-0.39, 0.29) is 34.5 Å². The third-order valence-corrected chi connectivity index (χ3v) is 4.74. The van der Waals surface area contributed by atoms with Crippen LogP contribution in [0.25, 0.3) is 11.0 Å². The lowest BCUT2D eigenvalue weighted by Crippen LogP contribution is -2.23. The van der Waals surface area contributed by atoms with Crippen LogP contribution in [0.15, 0.2) is 31.8 Å². The van der Waals surface area contributed by atoms with Crippen LogP contribution in [0.5, 0.6) is 11.5 Å². The zero-order valence-electron chi connectivity index (χ0n) is 14.9. The molecule has 1 aliphatic rings. The lowest BCUT2D eigenvalue weighted by Gasteiger charge is -2.26. The second-order valence-corrected chi connectivity index (χ2v) is 6.65. The van der Waals surface area contributed by atoms with Crippen molar-refractivity contribution in [2.45, 2.75) is 33.1 Å². The van der Waals surface area contributed by atoms with Gasteiger partial charge in [-0.15, -0.1) is 0 Å². The lowest BCUT2D eigenvalue weighted by molar-refractivity contribution is -0.135. The van der Waals surface area contributed by atoms with Crippen molar-refractivity contribution >= 4 is 22.7 Å². The summed E-state index contributed by atoms with van der Waals surface area (Å²) in [5, 5.41) is 10.9. The zero-order valence-corrected chi connectivity index (χ0v) is 14.9. The van der Waals surface area contributed by atoms with Crippen LogP contribution in [-0.4, -0.2) is 16.9 Å². The number of esters is 1. The van der Waals surface area contributed by atoms with Crippen molar-refractivity contribution < 1.29 is 28.3 Å². The number of aromatic hydroxyl groups is 1. The van der Waals surface area contributed by atoms with Gasteiger partial charge in [-0.25, -0.2) is 4.79 Å². The molecule has 0 saturated carbocycles. The minimum absolute atomic E-state index is 0.0468. The van der Waals surface area contributed by atoms with E-state index in [1.807, 2.05) is 0 Å². The van der Waals surface area contributed by atoms with E-state index in [0.717, 1.165) is 0 Å². The Morgan fingerprint density at radius 3 is 2.56 bits per heavy atom. The van der Waals surface area contributed by atoms with Crippen LogP contribution in [0.4, 0.5) is 0 Å². The van der Waals surface area contributed by atoms with Gasteiger partial charge in [0.05, 0.1) is 23.3 Å². The summed E-state index contributed by atoms with van der Waals surface area (Å²) in [7, 11) is 0. The number of hydrogen-bond acceptors (Lipinski definition) is 7. The highest BCUT2D eigenvalue weighted by atomic mass is 16.5. The van der Waals surface area contributed by atoms with Crippen LogP contribution in [0.2, 0.25) is 0 Å². The van der Waals surface area contributed by atoms with Gasteiger partial charge < -0.3 is 18.7 Å². The Hall–Kier alpha value is -3.35. The van der Waals surface area contributed by atoms with Gasteiger partial charge in [-0.2, -0.15) is 0 Å². The predicted molar refractivity (Wildman–Crippen MR) is 94.4 cm³/mol. The summed E-state index contributed by atoms with van der Waals surface area (Å²) in [6.07, 6.45) is -0.0468. The summed E-state index contributed by atoms with van der Waals surface area (Å²) in [5.41, 5.74) is 0.168. The van der Waals surface area contributed by atoms with Crippen molar-refractivity contribution in [2.75, 3.05) is 0 Å². The Morgan fingerprint density at radius 2 is 1.93 bits per heavy atom. The number of hydrogen-bond donors (Lipinski definition) is 1. The summed E-state index contributed by atoms with van der Waals surface area (Å²) < 4.78 is 16.4.